The van der Waals surface area contributed by atoms with Gasteiger partial charge in [0.2, 0.25) is 0 Å². The number of nitrogens with one attached hydrogen (secondary N) is 1. The van der Waals surface area contributed by atoms with Crippen LogP contribution in [0.1, 0.15) is 28.8 Å². The molecular formula is C17H15BrN2OS2. The average Bonchev–Trinajstić information content (AvgIpc) is 2.93. The van der Waals surface area contributed by atoms with Crippen molar-refractivity contribution in [3.63, 3.8) is 0 Å². The number of thioether (sulfide) groups is 1. The maximum atomic E-state index is 12.5. The lowest BCUT2D eigenvalue weighted by atomic mass is 9.97. The Morgan fingerprint density at radius 1 is 1.26 bits per heavy atom. The summed E-state index contributed by atoms with van der Waals surface area (Å²) in [7, 11) is 0. The van der Waals surface area contributed by atoms with E-state index in [0.717, 1.165) is 33.3 Å². The highest BCUT2D eigenvalue weighted by atomic mass is 79.9. The van der Waals surface area contributed by atoms with E-state index >= 15 is 0 Å². The number of thiophene rings is 1. The lowest BCUT2D eigenvalue weighted by molar-refractivity contribution is 0.700. The molecule has 3 nitrogen and oxygen atoms in total. The quantitative estimate of drug-likeness (QED) is 0.495. The van der Waals surface area contributed by atoms with Gasteiger partial charge in [-0.1, -0.05) is 45.9 Å². The third-order valence-electron chi connectivity index (χ3n) is 4.13. The van der Waals surface area contributed by atoms with E-state index in [2.05, 4.69) is 27.0 Å². The van der Waals surface area contributed by atoms with Crippen LogP contribution in [0.15, 0.2) is 38.7 Å². The summed E-state index contributed by atoms with van der Waals surface area (Å²) < 4.78 is 1.09. The van der Waals surface area contributed by atoms with Crippen molar-refractivity contribution in [2.45, 2.75) is 36.6 Å². The normalized spacial score (nSPS) is 14.1. The van der Waals surface area contributed by atoms with Gasteiger partial charge in [-0.05, 0) is 42.9 Å². The fraction of sp³-hybridized carbons (Fsp3) is 0.294. The second kappa shape index (κ2) is 6.42. The SMILES string of the molecule is O=c1[nH]c(SCc2ccccc2Br)nc2sc3c(c12)CCCC3. The average molecular weight is 407 g/mol. The van der Waals surface area contributed by atoms with Gasteiger partial charge in [-0.2, -0.15) is 0 Å². The fourth-order valence-electron chi connectivity index (χ4n) is 2.97. The molecule has 0 saturated heterocycles. The topological polar surface area (TPSA) is 45.8 Å². The van der Waals surface area contributed by atoms with Gasteiger partial charge in [0.15, 0.2) is 5.16 Å². The van der Waals surface area contributed by atoms with Crippen molar-refractivity contribution in [3.8, 4) is 0 Å². The van der Waals surface area contributed by atoms with Gasteiger partial charge in [-0.25, -0.2) is 4.98 Å². The van der Waals surface area contributed by atoms with Crippen LogP contribution in [-0.2, 0) is 18.6 Å². The molecule has 0 unspecified atom stereocenters. The third-order valence-corrected chi connectivity index (χ3v) is 7.01. The monoisotopic (exact) mass is 406 g/mol. The molecule has 1 N–H and O–H groups in total. The first-order valence-corrected chi connectivity index (χ1v) is 10.2. The van der Waals surface area contributed by atoms with Crippen LogP contribution in [0.25, 0.3) is 10.2 Å². The highest BCUT2D eigenvalue weighted by Gasteiger charge is 2.19. The molecule has 23 heavy (non-hydrogen) atoms. The molecule has 0 saturated carbocycles. The molecule has 0 atom stereocenters. The largest absolute Gasteiger partial charge is 0.301 e. The molecule has 3 aromatic rings. The zero-order valence-electron chi connectivity index (χ0n) is 12.4. The summed E-state index contributed by atoms with van der Waals surface area (Å²) >= 11 is 6.83. The Labute approximate surface area is 150 Å². The number of nitrogens with zero attached hydrogens (tertiary/aromatic N) is 1. The highest BCUT2D eigenvalue weighted by Crippen LogP contribution is 2.34. The first-order valence-electron chi connectivity index (χ1n) is 7.63. The van der Waals surface area contributed by atoms with E-state index < -0.39 is 0 Å². The van der Waals surface area contributed by atoms with E-state index in [1.807, 2.05) is 18.2 Å². The summed E-state index contributed by atoms with van der Waals surface area (Å²) in [4.78, 5) is 22.4. The molecule has 2 aromatic heterocycles. The number of benzene rings is 1. The number of hydrogen-bond donors (Lipinski definition) is 1. The molecule has 1 aliphatic rings. The Balaban J connectivity index is 1.66. The molecule has 0 spiro atoms. The van der Waals surface area contributed by atoms with Crippen LogP contribution in [0.2, 0.25) is 0 Å². The number of aromatic amines is 1. The van der Waals surface area contributed by atoms with Crippen molar-refractivity contribution < 1.29 is 0 Å². The number of halogens is 1. The Bertz CT molecular complexity index is 932. The van der Waals surface area contributed by atoms with Gasteiger partial charge in [0, 0.05) is 15.1 Å². The van der Waals surface area contributed by atoms with Crippen molar-refractivity contribution in [1.82, 2.24) is 9.97 Å². The maximum absolute atomic E-state index is 12.5. The Morgan fingerprint density at radius 2 is 2.09 bits per heavy atom. The summed E-state index contributed by atoms with van der Waals surface area (Å²) in [6.07, 6.45) is 4.51. The Kier molecular flexibility index (Phi) is 4.30. The molecule has 6 heteroatoms. The van der Waals surface area contributed by atoms with Crippen LogP contribution in [0, 0.1) is 0 Å². The number of H-pyrrole nitrogens is 1. The molecule has 118 valence electrons. The van der Waals surface area contributed by atoms with E-state index in [9.17, 15) is 4.79 Å². The molecule has 2 heterocycles. The number of aromatic nitrogens is 2. The number of hydrogen-bond acceptors (Lipinski definition) is 4. The molecule has 0 radical (unpaired) electrons. The van der Waals surface area contributed by atoms with Crippen LogP contribution in [0.4, 0.5) is 0 Å². The smallest absolute Gasteiger partial charge is 0.260 e. The van der Waals surface area contributed by atoms with Gasteiger partial charge in [-0.15, -0.1) is 11.3 Å². The molecule has 1 aromatic carbocycles. The second-order valence-corrected chi connectivity index (χ2v) is 8.54. The van der Waals surface area contributed by atoms with Crippen LogP contribution in [0.3, 0.4) is 0 Å². The minimum Gasteiger partial charge on any atom is -0.301 e. The highest BCUT2D eigenvalue weighted by molar-refractivity contribution is 9.10. The van der Waals surface area contributed by atoms with Crippen LogP contribution in [-0.4, -0.2) is 9.97 Å². The number of rotatable bonds is 3. The van der Waals surface area contributed by atoms with Crippen LogP contribution >= 0.6 is 39.0 Å². The number of fused-ring (bicyclic) bond motifs is 3. The zero-order valence-corrected chi connectivity index (χ0v) is 15.6. The van der Waals surface area contributed by atoms with Crippen molar-refractivity contribution in [2.24, 2.45) is 0 Å². The van der Waals surface area contributed by atoms with E-state index in [1.54, 1.807) is 23.1 Å². The van der Waals surface area contributed by atoms with Gasteiger partial charge in [0.05, 0.1) is 5.39 Å². The molecule has 0 fully saturated rings. The summed E-state index contributed by atoms with van der Waals surface area (Å²) in [5.41, 5.74) is 2.46. The molecule has 0 bridgehead atoms. The first kappa shape index (κ1) is 15.4. The van der Waals surface area contributed by atoms with E-state index in [4.69, 9.17) is 4.98 Å². The van der Waals surface area contributed by atoms with Gasteiger partial charge in [0.25, 0.3) is 5.56 Å². The van der Waals surface area contributed by atoms with Crippen molar-refractivity contribution in [3.05, 3.63) is 55.1 Å². The van der Waals surface area contributed by atoms with Crippen LogP contribution < -0.4 is 5.56 Å². The first-order chi connectivity index (χ1) is 11.2. The van der Waals surface area contributed by atoms with Crippen molar-refractivity contribution >= 4 is 49.2 Å². The van der Waals surface area contributed by atoms with Crippen molar-refractivity contribution in [2.75, 3.05) is 0 Å². The van der Waals surface area contributed by atoms with E-state index in [1.165, 1.54) is 28.8 Å². The number of aryl methyl sites for hydroxylation is 2. The third kappa shape index (κ3) is 2.99. The summed E-state index contributed by atoms with van der Waals surface area (Å²) in [5, 5.41) is 1.53. The maximum Gasteiger partial charge on any atom is 0.260 e. The van der Waals surface area contributed by atoms with E-state index in [0.29, 0.717) is 5.16 Å². The second-order valence-electron chi connectivity index (χ2n) is 5.64. The fourth-order valence-corrected chi connectivity index (χ4v) is 5.77. The molecular weight excluding hydrogens is 392 g/mol. The van der Waals surface area contributed by atoms with E-state index in [-0.39, 0.29) is 5.56 Å². The zero-order chi connectivity index (χ0) is 15.8. The summed E-state index contributed by atoms with van der Waals surface area (Å²) in [6.45, 7) is 0. The van der Waals surface area contributed by atoms with Crippen LogP contribution in [0.5, 0.6) is 0 Å². The van der Waals surface area contributed by atoms with Gasteiger partial charge in [-0.3, -0.25) is 4.79 Å². The van der Waals surface area contributed by atoms with Gasteiger partial charge >= 0.3 is 0 Å². The van der Waals surface area contributed by atoms with Gasteiger partial charge < -0.3 is 4.98 Å². The summed E-state index contributed by atoms with van der Waals surface area (Å²) in [5.74, 6) is 0.779. The van der Waals surface area contributed by atoms with Crippen molar-refractivity contribution in [1.29, 1.82) is 0 Å². The molecule has 1 aliphatic carbocycles. The molecule has 0 amide bonds. The lowest BCUT2D eigenvalue weighted by Gasteiger charge is -2.09. The standard InChI is InChI=1S/C17H15BrN2OS2/c18-12-7-3-1-5-10(12)9-22-17-19-15(21)14-11-6-2-4-8-13(11)23-16(14)20-17/h1,3,5,7H,2,4,6,8-9H2,(H,19,20,21). The minimum absolute atomic E-state index is 0.0176. The lowest BCUT2D eigenvalue weighted by Crippen LogP contribution is -2.10. The molecule has 4 rings (SSSR count). The minimum atomic E-state index is 0.0176. The summed E-state index contributed by atoms with van der Waals surface area (Å²) in [6, 6.07) is 8.13. The Morgan fingerprint density at radius 3 is 2.96 bits per heavy atom. The Hall–Kier alpha value is -1.11. The molecule has 0 aliphatic heterocycles. The van der Waals surface area contributed by atoms with Gasteiger partial charge in [0.1, 0.15) is 4.83 Å². The predicted octanol–water partition coefficient (Wildman–Crippen LogP) is 4.92. The predicted molar refractivity (Wildman–Crippen MR) is 101 cm³/mol.